The fourth-order valence-electron chi connectivity index (χ4n) is 3.07. The normalized spacial score (nSPS) is 29.8. The van der Waals surface area contributed by atoms with E-state index in [9.17, 15) is 0 Å². The van der Waals surface area contributed by atoms with Crippen LogP contribution < -0.4 is 0 Å². The topological polar surface area (TPSA) is 27.7 Å². The predicted molar refractivity (Wildman–Crippen MR) is 70.6 cm³/mol. The molecule has 17 heavy (non-hydrogen) atoms. The summed E-state index contributed by atoms with van der Waals surface area (Å²) >= 11 is 0. The highest BCUT2D eigenvalue weighted by atomic mass is 28.4. The van der Waals surface area contributed by atoms with E-state index in [4.69, 9.17) is 13.3 Å². The second-order valence-electron chi connectivity index (χ2n) is 5.24. The smallest absolute Gasteiger partial charge is 0.374 e. The minimum absolute atomic E-state index is 0.743. The summed E-state index contributed by atoms with van der Waals surface area (Å²) in [7, 11) is 4.99. The van der Waals surface area contributed by atoms with Crippen LogP contribution in [0.25, 0.3) is 0 Å². The maximum absolute atomic E-state index is 5.57. The van der Waals surface area contributed by atoms with Gasteiger partial charge in [0.2, 0.25) is 0 Å². The Hall–Kier alpha value is 0.0569. The van der Waals surface area contributed by atoms with Crippen LogP contribution in [0.15, 0.2) is 0 Å². The molecular formula is C12H28NO3Si+. The zero-order valence-corrected chi connectivity index (χ0v) is 13.0. The fraction of sp³-hybridized carbons (Fsp3) is 1.00. The molecule has 4 nitrogen and oxygen atoms in total. The van der Waals surface area contributed by atoms with E-state index in [1.165, 1.54) is 32.2 Å². The molecule has 0 bridgehead atoms. The van der Waals surface area contributed by atoms with Gasteiger partial charge in [-0.2, -0.15) is 0 Å². The van der Waals surface area contributed by atoms with E-state index in [2.05, 4.69) is 14.0 Å². The van der Waals surface area contributed by atoms with Crippen LogP contribution in [0.1, 0.15) is 32.6 Å². The van der Waals surface area contributed by atoms with Gasteiger partial charge in [-0.15, -0.1) is 0 Å². The summed E-state index contributed by atoms with van der Waals surface area (Å²) in [6.07, 6.45) is 6.06. The van der Waals surface area contributed by atoms with Crippen molar-refractivity contribution in [1.82, 2.24) is 0 Å². The molecule has 1 aliphatic heterocycles. The molecule has 0 amide bonds. The second-order valence-corrected chi connectivity index (χ2v) is 8.15. The molecule has 0 spiro atoms. The minimum Gasteiger partial charge on any atom is -0.374 e. The fourth-order valence-corrected chi connectivity index (χ4v) is 5.25. The summed E-state index contributed by atoms with van der Waals surface area (Å²) in [4.78, 5) is 0. The first-order valence-corrected chi connectivity index (χ1v) is 8.48. The molecule has 1 rings (SSSR count). The molecule has 0 saturated carbocycles. The lowest BCUT2D eigenvalue weighted by atomic mass is 10.1. The molecule has 0 aliphatic carbocycles. The number of nitrogens with zero attached hydrogens (tertiary/aromatic N) is 1. The molecule has 1 fully saturated rings. The number of hydrogen-bond acceptors (Lipinski definition) is 3. The Labute approximate surface area is 107 Å². The summed E-state index contributed by atoms with van der Waals surface area (Å²) in [6.45, 7) is 3.48. The Bertz CT molecular complexity index is 228. The van der Waals surface area contributed by atoms with Gasteiger partial charge in [-0.3, -0.25) is 0 Å². The van der Waals surface area contributed by atoms with E-state index in [0.29, 0.717) is 0 Å². The van der Waals surface area contributed by atoms with E-state index >= 15 is 0 Å². The van der Waals surface area contributed by atoms with Gasteiger partial charge in [0.25, 0.3) is 0 Å². The van der Waals surface area contributed by atoms with E-state index in [1.807, 2.05) is 0 Å². The molecule has 0 aromatic rings. The SMILES string of the molecule is CCCC1CCC[N+]1(C)C[Si](OC)(OC)OC. The van der Waals surface area contributed by atoms with Crippen LogP contribution in [0.4, 0.5) is 0 Å². The molecule has 1 heterocycles. The van der Waals surface area contributed by atoms with Gasteiger partial charge in [0.1, 0.15) is 6.17 Å². The van der Waals surface area contributed by atoms with Gasteiger partial charge in [0.05, 0.1) is 19.6 Å². The summed E-state index contributed by atoms with van der Waals surface area (Å²) in [5.41, 5.74) is 0. The van der Waals surface area contributed by atoms with Crippen LogP contribution in [0.3, 0.4) is 0 Å². The van der Waals surface area contributed by atoms with Gasteiger partial charge in [0, 0.05) is 34.2 Å². The Balaban J connectivity index is 2.75. The van der Waals surface area contributed by atoms with Gasteiger partial charge < -0.3 is 17.8 Å². The molecule has 0 N–H and O–H groups in total. The molecule has 0 radical (unpaired) electrons. The van der Waals surface area contributed by atoms with Crippen molar-refractivity contribution in [3.63, 3.8) is 0 Å². The zero-order chi connectivity index (χ0) is 12.9. The highest BCUT2D eigenvalue weighted by Gasteiger charge is 2.51. The van der Waals surface area contributed by atoms with Crippen molar-refractivity contribution in [3.05, 3.63) is 0 Å². The molecule has 2 unspecified atom stereocenters. The Morgan fingerprint density at radius 3 is 2.24 bits per heavy atom. The molecule has 0 aromatic heterocycles. The van der Waals surface area contributed by atoms with Crippen LogP contribution in [0, 0.1) is 0 Å². The lowest BCUT2D eigenvalue weighted by molar-refractivity contribution is -0.914. The summed E-state index contributed by atoms with van der Waals surface area (Å²) < 4.78 is 17.8. The van der Waals surface area contributed by atoms with Crippen LogP contribution in [0.5, 0.6) is 0 Å². The summed E-state index contributed by atoms with van der Waals surface area (Å²) in [6, 6.07) is 0.743. The first-order chi connectivity index (χ1) is 8.05. The Kier molecular flexibility index (Phi) is 5.59. The third-order valence-electron chi connectivity index (χ3n) is 4.20. The molecule has 1 aliphatic rings. The van der Waals surface area contributed by atoms with Crippen LogP contribution in [0.2, 0.25) is 0 Å². The quantitative estimate of drug-likeness (QED) is 0.517. The van der Waals surface area contributed by atoms with Gasteiger partial charge >= 0.3 is 8.80 Å². The lowest BCUT2D eigenvalue weighted by Gasteiger charge is -2.40. The van der Waals surface area contributed by atoms with Crippen LogP contribution in [-0.2, 0) is 13.3 Å². The average molecular weight is 262 g/mol. The monoisotopic (exact) mass is 262 g/mol. The highest BCUT2D eigenvalue weighted by molar-refractivity contribution is 6.60. The summed E-state index contributed by atoms with van der Waals surface area (Å²) in [5, 5.41) is 0. The number of rotatable bonds is 7. The third-order valence-corrected chi connectivity index (χ3v) is 7.17. The Morgan fingerprint density at radius 1 is 1.18 bits per heavy atom. The number of likely N-dealkylation sites (tertiary alicyclic amines) is 1. The summed E-state index contributed by atoms with van der Waals surface area (Å²) in [5.74, 6) is 0. The van der Waals surface area contributed by atoms with Gasteiger partial charge in [-0.05, 0) is 6.42 Å². The minimum atomic E-state index is -2.45. The van der Waals surface area contributed by atoms with Crippen LogP contribution >= 0.6 is 0 Å². The van der Waals surface area contributed by atoms with Crippen LogP contribution in [-0.4, -0.2) is 60.4 Å². The number of quaternary nitrogens is 1. The van der Waals surface area contributed by atoms with E-state index in [1.54, 1.807) is 21.3 Å². The van der Waals surface area contributed by atoms with Crippen molar-refractivity contribution in [2.24, 2.45) is 0 Å². The number of hydrogen-bond donors (Lipinski definition) is 0. The van der Waals surface area contributed by atoms with Crippen molar-refractivity contribution >= 4 is 8.80 Å². The lowest BCUT2D eigenvalue weighted by Crippen LogP contribution is -2.62. The molecular weight excluding hydrogens is 234 g/mol. The maximum Gasteiger partial charge on any atom is 0.558 e. The first kappa shape index (κ1) is 15.1. The van der Waals surface area contributed by atoms with Crippen molar-refractivity contribution in [2.45, 2.75) is 38.6 Å². The largest absolute Gasteiger partial charge is 0.558 e. The van der Waals surface area contributed by atoms with Gasteiger partial charge in [0.15, 0.2) is 0 Å². The average Bonchev–Trinajstić information content (AvgIpc) is 2.69. The molecule has 102 valence electrons. The van der Waals surface area contributed by atoms with Crippen molar-refractivity contribution in [3.8, 4) is 0 Å². The standard InChI is InChI=1S/C12H28NO3Si/c1-6-8-12-9-7-10-13(12,2)11-17(14-3,15-4)16-5/h12H,6-11H2,1-5H3/q+1. The molecule has 5 heteroatoms. The van der Waals surface area contributed by atoms with Gasteiger partial charge in [-0.1, -0.05) is 13.3 Å². The predicted octanol–water partition coefficient (Wildman–Crippen LogP) is 1.81. The first-order valence-electron chi connectivity index (χ1n) is 6.55. The second kappa shape index (κ2) is 6.29. The van der Waals surface area contributed by atoms with Gasteiger partial charge in [-0.25, -0.2) is 0 Å². The Morgan fingerprint density at radius 2 is 1.76 bits per heavy atom. The molecule has 1 saturated heterocycles. The maximum atomic E-state index is 5.57. The van der Waals surface area contributed by atoms with E-state index in [-0.39, 0.29) is 0 Å². The highest BCUT2D eigenvalue weighted by Crippen LogP contribution is 2.30. The van der Waals surface area contributed by atoms with Crippen molar-refractivity contribution in [1.29, 1.82) is 0 Å². The molecule has 0 aromatic carbocycles. The zero-order valence-electron chi connectivity index (χ0n) is 12.0. The third kappa shape index (κ3) is 3.29. The molecule has 2 atom stereocenters. The van der Waals surface area contributed by atoms with E-state index in [0.717, 1.165) is 16.7 Å². The van der Waals surface area contributed by atoms with Crippen molar-refractivity contribution < 1.29 is 17.8 Å². The van der Waals surface area contributed by atoms with E-state index < -0.39 is 8.80 Å². The van der Waals surface area contributed by atoms with Crippen molar-refractivity contribution in [2.75, 3.05) is 41.1 Å².